The third kappa shape index (κ3) is 2.63. The average molecular weight is 308 g/mol. The maximum Gasteiger partial charge on any atom is 0.257 e. The third-order valence-electron chi connectivity index (χ3n) is 3.70. The first-order valence-electron chi connectivity index (χ1n) is 6.81. The Labute approximate surface area is 124 Å². The van der Waals surface area contributed by atoms with Gasteiger partial charge >= 0.3 is 0 Å². The summed E-state index contributed by atoms with van der Waals surface area (Å²) in [6.07, 6.45) is -2.13. The number of carbonyl (C=O) groups is 2. The maximum absolute atomic E-state index is 12.6. The number of carbonyl (C=O) groups excluding carboxylic acids is 2. The van der Waals surface area contributed by atoms with E-state index in [-0.39, 0.29) is 11.7 Å². The highest BCUT2D eigenvalue weighted by atomic mass is 19.3. The van der Waals surface area contributed by atoms with Crippen molar-refractivity contribution in [3.8, 4) is 0 Å². The van der Waals surface area contributed by atoms with E-state index < -0.39 is 30.7 Å². The van der Waals surface area contributed by atoms with Crippen LogP contribution < -0.4 is 11.1 Å². The van der Waals surface area contributed by atoms with Crippen LogP contribution >= 0.6 is 0 Å². The second-order valence-electron chi connectivity index (χ2n) is 5.28. The SMILES string of the molecule is NC(=O)[C@@H]1C[C@@H]1C(=O)Nc1nn(CC(F)F)c2ccccc12. The number of nitrogens with two attached hydrogens (primary N) is 1. The van der Waals surface area contributed by atoms with E-state index in [9.17, 15) is 18.4 Å². The topological polar surface area (TPSA) is 90.0 Å². The second kappa shape index (κ2) is 5.36. The van der Waals surface area contributed by atoms with Crippen molar-refractivity contribution < 1.29 is 18.4 Å². The molecule has 1 fully saturated rings. The van der Waals surface area contributed by atoms with Crippen LogP contribution in [0.25, 0.3) is 10.9 Å². The van der Waals surface area contributed by atoms with Gasteiger partial charge in [-0.2, -0.15) is 5.10 Å². The van der Waals surface area contributed by atoms with Gasteiger partial charge in [-0.3, -0.25) is 14.3 Å². The molecule has 2 amide bonds. The zero-order chi connectivity index (χ0) is 15.9. The molecule has 6 nitrogen and oxygen atoms in total. The van der Waals surface area contributed by atoms with Crippen LogP contribution in [0.2, 0.25) is 0 Å². The minimum absolute atomic E-state index is 0.219. The lowest BCUT2D eigenvalue weighted by atomic mass is 10.2. The molecule has 0 saturated heterocycles. The molecule has 0 spiro atoms. The van der Waals surface area contributed by atoms with Gasteiger partial charge in [-0.25, -0.2) is 8.78 Å². The third-order valence-corrected chi connectivity index (χ3v) is 3.70. The van der Waals surface area contributed by atoms with Gasteiger partial charge in [0.25, 0.3) is 6.43 Å². The molecule has 2 atom stereocenters. The van der Waals surface area contributed by atoms with Crippen LogP contribution in [-0.2, 0) is 16.1 Å². The number of alkyl halides is 2. The molecule has 8 heteroatoms. The summed E-state index contributed by atoms with van der Waals surface area (Å²) in [6, 6.07) is 6.79. The molecule has 2 aromatic rings. The van der Waals surface area contributed by atoms with E-state index >= 15 is 0 Å². The molecule has 0 aliphatic heterocycles. The Balaban J connectivity index is 1.85. The molecule has 0 radical (unpaired) electrons. The van der Waals surface area contributed by atoms with Crippen LogP contribution in [0.3, 0.4) is 0 Å². The summed E-state index contributed by atoms with van der Waals surface area (Å²) < 4.78 is 26.4. The minimum atomic E-state index is -2.55. The van der Waals surface area contributed by atoms with Gasteiger partial charge < -0.3 is 11.1 Å². The van der Waals surface area contributed by atoms with Crippen molar-refractivity contribution in [1.29, 1.82) is 0 Å². The molecule has 0 unspecified atom stereocenters. The quantitative estimate of drug-likeness (QED) is 0.874. The van der Waals surface area contributed by atoms with E-state index in [1.165, 1.54) is 0 Å². The lowest BCUT2D eigenvalue weighted by Gasteiger charge is -2.01. The summed E-state index contributed by atoms with van der Waals surface area (Å²) >= 11 is 0. The van der Waals surface area contributed by atoms with Crippen LogP contribution in [0.5, 0.6) is 0 Å². The molecule has 22 heavy (non-hydrogen) atoms. The largest absolute Gasteiger partial charge is 0.369 e. The number of halogens is 2. The van der Waals surface area contributed by atoms with Crippen molar-refractivity contribution in [2.45, 2.75) is 19.4 Å². The number of nitrogens with zero attached hydrogens (tertiary/aromatic N) is 2. The van der Waals surface area contributed by atoms with Crippen LogP contribution in [0.4, 0.5) is 14.6 Å². The van der Waals surface area contributed by atoms with Crippen LogP contribution in [0, 0.1) is 11.8 Å². The molecule has 1 saturated carbocycles. The molecule has 1 aromatic heterocycles. The molecule has 1 heterocycles. The smallest absolute Gasteiger partial charge is 0.257 e. The lowest BCUT2D eigenvalue weighted by Crippen LogP contribution is -2.21. The van der Waals surface area contributed by atoms with E-state index in [0.717, 1.165) is 4.68 Å². The Kier molecular flexibility index (Phi) is 3.51. The molecule has 116 valence electrons. The first-order valence-corrected chi connectivity index (χ1v) is 6.81. The molecular formula is C14H14F2N4O2. The van der Waals surface area contributed by atoms with E-state index in [4.69, 9.17) is 5.73 Å². The number of rotatable bonds is 5. The van der Waals surface area contributed by atoms with E-state index in [0.29, 0.717) is 17.3 Å². The number of para-hydroxylation sites is 1. The fraction of sp³-hybridized carbons (Fsp3) is 0.357. The molecular weight excluding hydrogens is 294 g/mol. The number of hydrogen-bond donors (Lipinski definition) is 2. The van der Waals surface area contributed by atoms with Crippen LogP contribution in [0.1, 0.15) is 6.42 Å². The van der Waals surface area contributed by atoms with Crippen molar-refractivity contribution in [3.63, 3.8) is 0 Å². The highest BCUT2D eigenvalue weighted by Crippen LogP contribution is 2.39. The maximum atomic E-state index is 12.6. The number of amides is 2. The van der Waals surface area contributed by atoms with Gasteiger partial charge in [-0.05, 0) is 18.6 Å². The predicted molar refractivity (Wildman–Crippen MR) is 75.2 cm³/mol. The van der Waals surface area contributed by atoms with Crippen molar-refractivity contribution in [2.24, 2.45) is 17.6 Å². The normalized spacial score (nSPS) is 20.3. The molecule has 1 aliphatic rings. The molecule has 1 aromatic carbocycles. The zero-order valence-corrected chi connectivity index (χ0v) is 11.5. The van der Waals surface area contributed by atoms with E-state index in [2.05, 4.69) is 10.4 Å². The van der Waals surface area contributed by atoms with Gasteiger partial charge in [-0.15, -0.1) is 0 Å². The first-order chi connectivity index (χ1) is 10.5. The van der Waals surface area contributed by atoms with Crippen molar-refractivity contribution in [3.05, 3.63) is 24.3 Å². The van der Waals surface area contributed by atoms with Gasteiger partial charge in [0.15, 0.2) is 5.82 Å². The Morgan fingerprint density at radius 1 is 1.36 bits per heavy atom. The highest BCUT2D eigenvalue weighted by Gasteiger charge is 2.47. The fourth-order valence-corrected chi connectivity index (χ4v) is 2.50. The first kappa shape index (κ1) is 14.4. The predicted octanol–water partition coefficient (Wildman–Crippen LogP) is 1.36. The van der Waals surface area contributed by atoms with E-state index in [1.807, 2.05) is 0 Å². The Morgan fingerprint density at radius 3 is 2.73 bits per heavy atom. The van der Waals surface area contributed by atoms with Gasteiger partial charge in [0.2, 0.25) is 11.8 Å². The summed E-state index contributed by atoms with van der Waals surface area (Å²) in [7, 11) is 0. The van der Waals surface area contributed by atoms with Crippen molar-refractivity contribution in [1.82, 2.24) is 9.78 Å². The van der Waals surface area contributed by atoms with Crippen molar-refractivity contribution >= 4 is 28.5 Å². The zero-order valence-electron chi connectivity index (χ0n) is 11.5. The second-order valence-corrected chi connectivity index (χ2v) is 5.28. The summed E-state index contributed by atoms with van der Waals surface area (Å²) in [5.41, 5.74) is 5.66. The summed E-state index contributed by atoms with van der Waals surface area (Å²) in [5, 5.41) is 7.22. The fourth-order valence-electron chi connectivity index (χ4n) is 2.50. The number of nitrogens with one attached hydrogen (secondary N) is 1. The van der Waals surface area contributed by atoms with Gasteiger partial charge in [-0.1, -0.05) is 12.1 Å². The standard InChI is InChI=1S/C14H14F2N4O2/c15-11(16)6-20-10-4-2-1-3-7(10)13(19-20)18-14(22)9-5-8(9)12(17)21/h1-4,8-9,11H,5-6H2,(H2,17,21)(H,18,19,22)/t8-,9+/m1/s1. The van der Waals surface area contributed by atoms with Gasteiger partial charge in [0.05, 0.1) is 17.4 Å². The minimum Gasteiger partial charge on any atom is -0.369 e. The average Bonchev–Trinajstić information content (AvgIpc) is 3.20. The monoisotopic (exact) mass is 308 g/mol. The van der Waals surface area contributed by atoms with Crippen LogP contribution in [0.15, 0.2) is 24.3 Å². The lowest BCUT2D eigenvalue weighted by molar-refractivity contribution is -0.123. The highest BCUT2D eigenvalue weighted by molar-refractivity contribution is 6.03. The number of hydrogen-bond acceptors (Lipinski definition) is 3. The van der Waals surface area contributed by atoms with E-state index in [1.54, 1.807) is 24.3 Å². The Morgan fingerprint density at radius 2 is 2.09 bits per heavy atom. The Hall–Kier alpha value is -2.51. The van der Waals surface area contributed by atoms with Crippen molar-refractivity contribution in [2.75, 3.05) is 5.32 Å². The van der Waals surface area contributed by atoms with Gasteiger partial charge in [0.1, 0.15) is 6.54 Å². The summed E-state index contributed by atoms with van der Waals surface area (Å²) in [4.78, 5) is 23.1. The Bertz CT molecular complexity index is 744. The molecule has 3 N–H and O–H groups in total. The number of anilines is 1. The summed E-state index contributed by atoms with van der Waals surface area (Å²) in [5.74, 6) is -1.56. The number of primary amides is 1. The molecule has 0 bridgehead atoms. The van der Waals surface area contributed by atoms with Crippen LogP contribution in [-0.4, -0.2) is 28.0 Å². The molecule has 3 rings (SSSR count). The van der Waals surface area contributed by atoms with Gasteiger partial charge in [0, 0.05) is 5.39 Å². The number of benzene rings is 1. The number of aromatic nitrogens is 2. The summed E-state index contributed by atoms with van der Waals surface area (Å²) in [6.45, 7) is -0.552. The molecule has 1 aliphatic carbocycles. The number of fused-ring (bicyclic) bond motifs is 1.